The number of nitrogens with one attached hydrogen (secondary N) is 4. The molecule has 2 rings (SSSR count). The first-order chi connectivity index (χ1) is 14.0. The number of urea groups is 2. The summed E-state index contributed by atoms with van der Waals surface area (Å²) in [5.41, 5.74) is 3.05. The largest absolute Gasteiger partial charge is 0.323 e. The van der Waals surface area contributed by atoms with Gasteiger partial charge in [0.05, 0.1) is 11.6 Å². The number of benzene rings is 2. The highest BCUT2D eigenvalue weighted by atomic mass is 16.2. The number of anilines is 3. The number of nitrogens with zero attached hydrogens (tertiary/aromatic N) is 1. The third kappa shape index (κ3) is 7.23. The number of hydrogen-bond acceptors (Lipinski definition) is 3. The smallest absolute Gasteiger partial charge is 0.315 e. The molecule has 0 aliphatic carbocycles. The molecule has 29 heavy (non-hydrogen) atoms. The second-order valence-corrected chi connectivity index (χ2v) is 6.10. The second kappa shape index (κ2) is 10.9. The highest BCUT2D eigenvalue weighted by Crippen LogP contribution is 2.20. The Hall–Kier alpha value is -4.05. The maximum absolute atomic E-state index is 12.2. The van der Waals surface area contributed by atoms with Gasteiger partial charge < -0.3 is 21.3 Å². The van der Waals surface area contributed by atoms with Gasteiger partial charge in [-0.25, -0.2) is 9.59 Å². The van der Waals surface area contributed by atoms with Crippen molar-refractivity contribution in [3.8, 4) is 6.07 Å². The molecule has 0 saturated heterocycles. The first-order valence-corrected chi connectivity index (χ1v) is 9.04. The van der Waals surface area contributed by atoms with E-state index in [1.807, 2.05) is 38.1 Å². The Morgan fingerprint density at radius 1 is 0.966 bits per heavy atom. The summed E-state index contributed by atoms with van der Waals surface area (Å²) in [5, 5.41) is 19.6. The molecule has 7 heteroatoms. The van der Waals surface area contributed by atoms with E-state index in [9.17, 15) is 9.59 Å². The normalized spacial score (nSPS) is 10.5. The lowest BCUT2D eigenvalue weighted by molar-refractivity contribution is 0.255. The van der Waals surface area contributed by atoms with E-state index < -0.39 is 6.03 Å². The number of nitriles is 1. The lowest BCUT2D eigenvalue weighted by atomic mass is 10.2. The third-order valence-corrected chi connectivity index (χ3v) is 3.86. The fraction of sp³-hybridized carbons (Fsp3) is 0.136. The van der Waals surface area contributed by atoms with Gasteiger partial charge in [0.2, 0.25) is 0 Å². The van der Waals surface area contributed by atoms with Crippen LogP contribution in [0.3, 0.4) is 0 Å². The quantitative estimate of drug-likeness (QED) is 0.516. The van der Waals surface area contributed by atoms with Gasteiger partial charge in [-0.2, -0.15) is 5.26 Å². The van der Waals surface area contributed by atoms with Gasteiger partial charge in [-0.1, -0.05) is 24.3 Å². The Morgan fingerprint density at radius 2 is 1.66 bits per heavy atom. The van der Waals surface area contributed by atoms with Crippen LogP contribution in [0.5, 0.6) is 0 Å². The van der Waals surface area contributed by atoms with Gasteiger partial charge in [-0.3, -0.25) is 0 Å². The van der Waals surface area contributed by atoms with Gasteiger partial charge in [-0.05, 0) is 62.2 Å². The van der Waals surface area contributed by atoms with Gasteiger partial charge in [0, 0.05) is 23.3 Å². The summed E-state index contributed by atoms with van der Waals surface area (Å²) in [7, 11) is 0. The molecule has 0 atom stereocenters. The summed E-state index contributed by atoms with van der Waals surface area (Å²) in [6.07, 6.45) is 8.06. The Morgan fingerprint density at radius 3 is 2.34 bits per heavy atom. The van der Waals surface area contributed by atoms with Crippen molar-refractivity contribution in [3.05, 3.63) is 78.0 Å². The molecule has 2 aromatic rings. The van der Waals surface area contributed by atoms with Crippen molar-refractivity contribution in [2.75, 3.05) is 16.0 Å². The predicted octanol–water partition coefficient (Wildman–Crippen LogP) is 5.11. The summed E-state index contributed by atoms with van der Waals surface area (Å²) in [4.78, 5) is 24.2. The summed E-state index contributed by atoms with van der Waals surface area (Å²) >= 11 is 0. The average Bonchev–Trinajstić information content (AvgIpc) is 2.71. The molecule has 0 unspecified atom stereocenters. The van der Waals surface area contributed by atoms with Crippen LogP contribution >= 0.6 is 0 Å². The van der Waals surface area contributed by atoms with Crippen LogP contribution in [0.2, 0.25) is 0 Å². The summed E-state index contributed by atoms with van der Waals surface area (Å²) in [6.45, 7) is 3.79. The number of aryl methyl sites for hydroxylation is 1. The van der Waals surface area contributed by atoms with Crippen LogP contribution in [0.1, 0.15) is 24.5 Å². The van der Waals surface area contributed by atoms with Gasteiger partial charge in [0.25, 0.3) is 0 Å². The predicted molar refractivity (Wildman–Crippen MR) is 116 cm³/mol. The van der Waals surface area contributed by atoms with Crippen molar-refractivity contribution in [3.63, 3.8) is 0 Å². The van der Waals surface area contributed by atoms with Crippen molar-refractivity contribution < 1.29 is 9.59 Å². The van der Waals surface area contributed by atoms with E-state index in [2.05, 4.69) is 21.3 Å². The molecule has 0 heterocycles. The minimum atomic E-state index is -0.430. The number of allylic oxidation sites excluding steroid dienone is 3. The standard InChI is InChI=1S/C22H23N5O2/c1-3-4-5-6-13-24-21(28)27-20-14-19(10-7-16(20)2)26-22(29)25-18-11-8-17(15-23)9-12-18/h3-4,6-14H,5H2,1-2H3,(H2,24,27,28)(H2,25,26,29)/b4-3-,13-6+. The highest BCUT2D eigenvalue weighted by Gasteiger charge is 2.07. The number of hydrogen-bond donors (Lipinski definition) is 4. The van der Waals surface area contributed by atoms with E-state index in [0.29, 0.717) is 22.6 Å². The molecule has 0 spiro atoms. The average molecular weight is 389 g/mol. The van der Waals surface area contributed by atoms with Crippen LogP contribution in [0, 0.1) is 18.3 Å². The molecule has 0 aromatic heterocycles. The first-order valence-electron chi connectivity index (χ1n) is 9.04. The molecule has 2 aromatic carbocycles. The zero-order valence-corrected chi connectivity index (χ0v) is 16.3. The van der Waals surface area contributed by atoms with Crippen molar-refractivity contribution in [2.45, 2.75) is 20.3 Å². The van der Waals surface area contributed by atoms with Crippen LogP contribution in [-0.4, -0.2) is 12.1 Å². The van der Waals surface area contributed by atoms with Gasteiger partial charge >= 0.3 is 12.1 Å². The van der Waals surface area contributed by atoms with Crippen LogP contribution < -0.4 is 21.3 Å². The van der Waals surface area contributed by atoms with E-state index in [1.54, 1.807) is 48.7 Å². The lowest BCUT2D eigenvalue weighted by Crippen LogP contribution is -2.24. The molecule has 0 radical (unpaired) electrons. The fourth-order valence-corrected chi connectivity index (χ4v) is 2.33. The lowest BCUT2D eigenvalue weighted by Gasteiger charge is -2.12. The van der Waals surface area contributed by atoms with E-state index in [4.69, 9.17) is 5.26 Å². The Labute approximate surface area is 170 Å². The minimum absolute atomic E-state index is 0.371. The maximum Gasteiger partial charge on any atom is 0.323 e. The number of carbonyl (C=O) groups excluding carboxylic acids is 2. The zero-order valence-electron chi connectivity index (χ0n) is 16.3. The Balaban J connectivity index is 1.94. The van der Waals surface area contributed by atoms with Gasteiger partial charge in [0.15, 0.2) is 0 Å². The zero-order chi connectivity index (χ0) is 21.1. The van der Waals surface area contributed by atoms with E-state index >= 15 is 0 Å². The SMILES string of the molecule is C/C=C\C/C=C/NC(=O)Nc1cc(NC(=O)Nc2ccc(C#N)cc2)ccc1C. The van der Waals surface area contributed by atoms with Crippen LogP contribution in [0.25, 0.3) is 0 Å². The monoisotopic (exact) mass is 389 g/mol. The minimum Gasteiger partial charge on any atom is -0.315 e. The van der Waals surface area contributed by atoms with Crippen LogP contribution in [-0.2, 0) is 0 Å². The molecule has 4 amide bonds. The molecular formula is C22H23N5O2. The molecule has 0 bridgehead atoms. The molecule has 7 nitrogen and oxygen atoms in total. The van der Waals surface area contributed by atoms with Crippen molar-refractivity contribution in [1.82, 2.24) is 5.32 Å². The Kier molecular flexibility index (Phi) is 8.02. The second-order valence-electron chi connectivity index (χ2n) is 6.10. The molecule has 0 saturated carbocycles. The summed E-state index contributed by atoms with van der Waals surface area (Å²) in [6, 6.07) is 13.0. The number of rotatable bonds is 6. The van der Waals surface area contributed by atoms with E-state index in [0.717, 1.165) is 12.0 Å². The number of carbonyl (C=O) groups is 2. The molecule has 0 fully saturated rings. The fourth-order valence-electron chi connectivity index (χ4n) is 2.33. The van der Waals surface area contributed by atoms with Crippen LogP contribution in [0.4, 0.5) is 26.7 Å². The topological polar surface area (TPSA) is 106 Å². The molecule has 0 aliphatic rings. The first kappa shape index (κ1) is 21.3. The third-order valence-electron chi connectivity index (χ3n) is 3.86. The molecule has 4 N–H and O–H groups in total. The van der Waals surface area contributed by atoms with Gasteiger partial charge in [0.1, 0.15) is 0 Å². The summed E-state index contributed by atoms with van der Waals surface area (Å²) < 4.78 is 0. The summed E-state index contributed by atoms with van der Waals surface area (Å²) in [5.74, 6) is 0. The number of amides is 4. The highest BCUT2D eigenvalue weighted by molar-refractivity contribution is 6.00. The van der Waals surface area contributed by atoms with Crippen molar-refractivity contribution in [2.24, 2.45) is 0 Å². The maximum atomic E-state index is 12.2. The van der Waals surface area contributed by atoms with Crippen molar-refractivity contribution >= 4 is 29.1 Å². The van der Waals surface area contributed by atoms with Gasteiger partial charge in [-0.15, -0.1) is 0 Å². The van der Waals surface area contributed by atoms with Crippen molar-refractivity contribution in [1.29, 1.82) is 5.26 Å². The molecule has 148 valence electrons. The molecule has 0 aliphatic heterocycles. The molecular weight excluding hydrogens is 366 g/mol. The van der Waals surface area contributed by atoms with E-state index in [1.165, 1.54) is 0 Å². The van der Waals surface area contributed by atoms with Crippen LogP contribution in [0.15, 0.2) is 66.9 Å². The van der Waals surface area contributed by atoms with E-state index in [-0.39, 0.29) is 6.03 Å². The Bertz CT molecular complexity index is 956.